The van der Waals surface area contributed by atoms with E-state index in [1.165, 1.54) is 4.90 Å². The van der Waals surface area contributed by atoms with E-state index in [2.05, 4.69) is 5.32 Å². The largest absolute Gasteiger partial charge is 0.327 e. The van der Waals surface area contributed by atoms with Crippen LogP contribution in [0.5, 0.6) is 0 Å². The van der Waals surface area contributed by atoms with Gasteiger partial charge < -0.3 is 15.1 Å². The zero-order chi connectivity index (χ0) is 24.8. The zero-order valence-electron chi connectivity index (χ0n) is 19.5. The number of rotatable bonds is 4. The van der Waals surface area contributed by atoms with Crippen molar-refractivity contribution in [2.24, 2.45) is 0 Å². The smallest absolute Gasteiger partial charge is 0.320 e. The number of nitrogens with one attached hydrogen (secondary N) is 1. The maximum Gasteiger partial charge on any atom is 0.327 e. The minimum Gasteiger partial charge on any atom is -0.320 e. The Morgan fingerprint density at radius 3 is 2.39 bits per heavy atom. The highest BCUT2D eigenvalue weighted by molar-refractivity contribution is 6.30. The number of urea groups is 2. The van der Waals surface area contributed by atoms with Crippen molar-refractivity contribution in [3.63, 3.8) is 0 Å². The van der Waals surface area contributed by atoms with Crippen LogP contribution in [0.4, 0.5) is 15.3 Å². The third-order valence-electron chi connectivity index (χ3n) is 7.28. The number of amides is 5. The summed E-state index contributed by atoms with van der Waals surface area (Å²) in [6.45, 7) is 0.880. The topological polar surface area (TPSA) is 73.0 Å². The molecule has 2 heterocycles. The van der Waals surface area contributed by atoms with Crippen molar-refractivity contribution in [1.29, 1.82) is 0 Å². The quantitative estimate of drug-likeness (QED) is 0.510. The molecule has 6 rings (SSSR count). The van der Waals surface area contributed by atoms with Crippen molar-refractivity contribution in [3.8, 4) is 11.1 Å². The Kier molecular flexibility index (Phi) is 5.64. The lowest BCUT2D eigenvalue weighted by Gasteiger charge is -2.35. The van der Waals surface area contributed by atoms with Gasteiger partial charge in [0.15, 0.2) is 0 Å². The van der Waals surface area contributed by atoms with E-state index in [-0.39, 0.29) is 36.5 Å². The average molecular weight is 501 g/mol. The number of para-hydroxylation sites is 1. The molecule has 0 aromatic heterocycles. The minimum atomic E-state index is -0.646. The third-order valence-corrected chi connectivity index (χ3v) is 7.53. The summed E-state index contributed by atoms with van der Waals surface area (Å²) in [5.41, 5.74) is 3.71. The molecule has 8 heteroatoms. The number of fused-ring (bicyclic) bond motifs is 1. The molecular weight excluding hydrogens is 476 g/mol. The van der Waals surface area contributed by atoms with Crippen LogP contribution in [0.25, 0.3) is 11.1 Å². The fourth-order valence-corrected chi connectivity index (χ4v) is 5.42. The predicted octanol–water partition coefficient (Wildman–Crippen LogP) is 5.04. The van der Waals surface area contributed by atoms with Crippen LogP contribution >= 0.6 is 11.6 Å². The molecule has 2 aliphatic heterocycles. The summed E-state index contributed by atoms with van der Waals surface area (Å²) in [7, 11) is 0. The van der Waals surface area contributed by atoms with E-state index in [1.807, 2.05) is 78.9 Å². The Bertz CT molecular complexity index is 1330. The van der Waals surface area contributed by atoms with Gasteiger partial charge in [-0.2, -0.15) is 0 Å². The number of imide groups is 1. The number of hydrogen-bond donors (Lipinski definition) is 1. The van der Waals surface area contributed by atoms with Gasteiger partial charge in [0, 0.05) is 35.6 Å². The molecule has 1 aliphatic carbocycles. The number of hydrogen-bond acceptors (Lipinski definition) is 3. The summed E-state index contributed by atoms with van der Waals surface area (Å²) in [5, 5.41) is 3.67. The van der Waals surface area contributed by atoms with Crippen LogP contribution in [-0.4, -0.2) is 64.4 Å². The van der Waals surface area contributed by atoms with Gasteiger partial charge in [0.1, 0.15) is 6.04 Å². The Labute approximate surface area is 214 Å². The second-order valence-corrected chi connectivity index (χ2v) is 9.89. The molecule has 36 heavy (non-hydrogen) atoms. The molecule has 7 nitrogen and oxygen atoms in total. The van der Waals surface area contributed by atoms with Crippen LogP contribution in [0, 0.1) is 0 Å². The average Bonchev–Trinajstić information content (AvgIpc) is 3.65. The highest BCUT2D eigenvalue weighted by atomic mass is 35.5. The molecule has 3 aromatic carbocycles. The van der Waals surface area contributed by atoms with Crippen LogP contribution < -0.4 is 5.32 Å². The third kappa shape index (κ3) is 3.99. The molecular formula is C28H25ClN4O3. The Morgan fingerprint density at radius 1 is 0.889 bits per heavy atom. The summed E-state index contributed by atoms with van der Waals surface area (Å²) >= 11 is 6.00. The first-order valence-corrected chi connectivity index (χ1v) is 12.5. The predicted molar refractivity (Wildman–Crippen MR) is 138 cm³/mol. The van der Waals surface area contributed by atoms with E-state index in [4.69, 9.17) is 11.6 Å². The maximum absolute atomic E-state index is 13.3. The molecule has 2 saturated heterocycles. The van der Waals surface area contributed by atoms with Crippen molar-refractivity contribution in [2.75, 3.05) is 25.0 Å². The van der Waals surface area contributed by atoms with Gasteiger partial charge in [-0.05, 0) is 35.7 Å². The summed E-state index contributed by atoms with van der Waals surface area (Å²) < 4.78 is 0. The summed E-state index contributed by atoms with van der Waals surface area (Å²) in [6.07, 6.45) is 0.750. The molecule has 3 aromatic rings. The number of carbonyl (C=O) groups excluding carboxylic acids is 3. The lowest BCUT2D eigenvalue weighted by molar-refractivity contribution is -0.129. The van der Waals surface area contributed by atoms with Crippen LogP contribution in [0.3, 0.4) is 0 Å². The molecule has 5 amide bonds. The first-order chi connectivity index (χ1) is 17.5. The van der Waals surface area contributed by atoms with E-state index in [1.54, 1.807) is 9.80 Å². The van der Waals surface area contributed by atoms with Gasteiger partial charge in [0.2, 0.25) is 0 Å². The molecule has 3 fully saturated rings. The zero-order valence-corrected chi connectivity index (χ0v) is 20.3. The highest BCUT2D eigenvalue weighted by Crippen LogP contribution is 2.47. The number of benzene rings is 3. The van der Waals surface area contributed by atoms with Gasteiger partial charge >= 0.3 is 12.1 Å². The summed E-state index contributed by atoms with van der Waals surface area (Å²) in [6, 6.07) is 23.7. The molecule has 182 valence electrons. The van der Waals surface area contributed by atoms with Crippen molar-refractivity contribution in [3.05, 3.63) is 89.4 Å². The maximum atomic E-state index is 13.3. The van der Waals surface area contributed by atoms with E-state index >= 15 is 0 Å². The van der Waals surface area contributed by atoms with E-state index in [0.717, 1.165) is 23.1 Å². The van der Waals surface area contributed by atoms with Gasteiger partial charge in [-0.25, -0.2) is 9.59 Å². The Morgan fingerprint density at radius 2 is 1.61 bits per heavy atom. The van der Waals surface area contributed by atoms with E-state index in [9.17, 15) is 14.4 Å². The van der Waals surface area contributed by atoms with Crippen molar-refractivity contribution < 1.29 is 14.4 Å². The summed E-state index contributed by atoms with van der Waals surface area (Å²) in [4.78, 5) is 44.3. The van der Waals surface area contributed by atoms with E-state index in [0.29, 0.717) is 23.8 Å². The number of anilines is 1. The number of carbonyl (C=O) groups is 3. The second kappa shape index (κ2) is 8.99. The fraction of sp³-hybridized carbons (Fsp3) is 0.250. The lowest BCUT2D eigenvalue weighted by Crippen LogP contribution is -2.55. The fourth-order valence-electron chi connectivity index (χ4n) is 5.30. The monoisotopic (exact) mass is 500 g/mol. The van der Waals surface area contributed by atoms with Crippen molar-refractivity contribution in [2.45, 2.75) is 24.4 Å². The standard InChI is InChI=1S/C28H25ClN4O3/c29-20-12-10-19(11-13-20)22-16-24(22)33-26(34)25-17-31(14-15-32(25)28(33)36)27(35)30-23-9-5-4-8-21(23)18-6-2-1-3-7-18/h1-13,22,24-25H,14-17H2,(H,30,35)/t22?,24?,25-/m0/s1. The van der Waals surface area contributed by atoms with Crippen LogP contribution in [0.15, 0.2) is 78.9 Å². The molecule has 3 atom stereocenters. The number of nitrogens with zero attached hydrogens (tertiary/aromatic N) is 3. The molecule has 2 unspecified atom stereocenters. The molecule has 0 bridgehead atoms. The molecule has 1 N–H and O–H groups in total. The first kappa shape index (κ1) is 22.6. The van der Waals surface area contributed by atoms with E-state index < -0.39 is 6.04 Å². The Hall–Kier alpha value is -3.84. The van der Waals surface area contributed by atoms with Crippen LogP contribution in [0.1, 0.15) is 17.9 Å². The molecule has 0 spiro atoms. The Balaban J connectivity index is 1.14. The lowest BCUT2D eigenvalue weighted by atomic mass is 10.0. The van der Waals surface area contributed by atoms with Gasteiger partial charge in [0.05, 0.1) is 12.2 Å². The van der Waals surface area contributed by atoms with Gasteiger partial charge in [-0.15, -0.1) is 0 Å². The van der Waals surface area contributed by atoms with Gasteiger partial charge in [0.25, 0.3) is 5.91 Å². The molecule has 3 aliphatic rings. The number of piperazine rings is 1. The van der Waals surface area contributed by atoms with Gasteiger partial charge in [-0.1, -0.05) is 72.3 Å². The molecule has 0 radical (unpaired) electrons. The van der Waals surface area contributed by atoms with Crippen LogP contribution in [0.2, 0.25) is 5.02 Å². The number of halogens is 1. The SMILES string of the molecule is O=C(Nc1ccccc1-c1ccccc1)N1CCN2C(=O)N(C3CC3c3ccc(Cl)cc3)C(=O)[C@@H]2C1. The van der Waals surface area contributed by atoms with Crippen LogP contribution in [-0.2, 0) is 4.79 Å². The highest BCUT2D eigenvalue weighted by Gasteiger charge is 2.56. The van der Waals surface area contributed by atoms with Gasteiger partial charge in [-0.3, -0.25) is 9.69 Å². The second-order valence-electron chi connectivity index (χ2n) is 9.45. The molecule has 1 saturated carbocycles. The summed E-state index contributed by atoms with van der Waals surface area (Å²) in [5.74, 6) is -0.0888. The van der Waals surface area contributed by atoms with Crippen molar-refractivity contribution in [1.82, 2.24) is 14.7 Å². The first-order valence-electron chi connectivity index (χ1n) is 12.1. The minimum absolute atomic E-state index is 0.130. The van der Waals surface area contributed by atoms with Crippen molar-refractivity contribution >= 4 is 35.3 Å². The normalized spacial score (nSPS) is 23.0.